The van der Waals surface area contributed by atoms with Gasteiger partial charge in [0.05, 0.1) is 0 Å². The second kappa shape index (κ2) is 5.61. The summed E-state index contributed by atoms with van der Waals surface area (Å²) < 4.78 is 5.42. The number of carbonyl (C=O) groups is 2. The number of hydrogen-bond acceptors (Lipinski definition) is 3. The van der Waals surface area contributed by atoms with Crippen LogP contribution in [0.5, 0.6) is 0 Å². The number of aromatic amines is 1. The molecule has 0 radical (unpaired) electrons. The number of urea groups is 1. The third-order valence-corrected chi connectivity index (χ3v) is 4.15. The van der Waals surface area contributed by atoms with Crippen LogP contribution in [0.15, 0.2) is 30.5 Å². The van der Waals surface area contributed by atoms with Gasteiger partial charge in [-0.3, -0.25) is 4.90 Å². The zero-order valence-electron chi connectivity index (χ0n) is 13.6. The number of nitrogens with one attached hydrogen (secondary N) is 2. The first-order valence-electron chi connectivity index (χ1n) is 7.79. The molecule has 6 nitrogen and oxygen atoms in total. The van der Waals surface area contributed by atoms with Gasteiger partial charge in [0.2, 0.25) is 0 Å². The summed E-state index contributed by atoms with van der Waals surface area (Å²) in [5.74, 6) is -0.369. The van der Waals surface area contributed by atoms with E-state index < -0.39 is 11.8 Å². The zero-order valence-corrected chi connectivity index (χ0v) is 13.6. The standard InChI is InChI=1S/C17H21N3O3/c1-4-18-16(22)20-14(15(21)23-17(20,2)3)9-11-10-19-13-8-6-5-7-12(11)13/h5-8,10,14,19H,4,9H2,1-3H3,(H,18,22)/t14-/m0/s1. The van der Waals surface area contributed by atoms with E-state index in [9.17, 15) is 9.59 Å². The maximum atomic E-state index is 12.4. The number of hydrogen-bond donors (Lipinski definition) is 2. The van der Waals surface area contributed by atoms with E-state index in [4.69, 9.17) is 4.74 Å². The number of carbonyl (C=O) groups excluding carboxylic acids is 2. The van der Waals surface area contributed by atoms with E-state index in [-0.39, 0.29) is 12.0 Å². The fraction of sp³-hybridized carbons (Fsp3) is 0.412. The van der Waals surface area contributed by atoms with Crippen LogP contribution < -0.4 is 5.32 Å². The van der Waals surface area contributed by atoms with Crippen LogP contribution in [-0.4, -0.2) is 40.2 Å². The lowest BCUT2D eigenvalue weighted by atomic mass is 10.0. The molecule has 122 valence electrons. The van der Waals surface area contributed by atoms with E-state index in [1.165, 1.54) is 4.90 Å². The lowest BCUT2D eigenvalue weighted by molar-refractivity contribution is -0.148. The molecule has 23 heavy (non-hydrogen) atoms. The Morgan fingerprint density at radius 3 is 2.87 bits per heavy atom. The Morgan fingerprint density at radius 1 is 1.39 bits per heavy atom. The average Bonchev–Trinajstić information content (AvgIpc) is 2.98. The van der Waals surface area contributed by atoms with Gasteiger partial charge in [-0.05, 0) is 32.4 Å². The van der Waals surface area contributed by atoms with Gasteiger partial charge < -0.3 is 15.0 Å². The van der Waals surface area contributed by atoms with Gasteiger partial charge in [0.1, 0.15) is 6.04 Å². The molecule has 1 saturated heterocycles. The highest BCUT2D eigenvalue weighted by molar-refractivity contribution is 5.89. The predicted octanol–water partition coefficient (Wildman–Crippen LogP) is 2.40. The number of para-hydroxylation sites is 1. The van der Waals surface area contributed by atoms with Gasteiger partial charge in [0, 0.05) is 30.1 Å². The number of benzene rings is 1. The molecule has 6 heteroatoms. The fourth-order valence-corrected chi connectivity index (χ4v) is 3.15. The summed E-state index contributed by atoms with van der Waals surface area (Å²) in [4.78, 5) is 29.4. The molecule has 1 fully saturated rings. The van der Waals surface area contributed by atoms with Gasteiger partial charge in [-0.15, -0.1) is 0 Å². The third-order valence-electron chi connectivity index (χ3n) is 4.15. The molecule has 1 aliphatic rings. The zero-order chi connectivity index (χ0) is 16.6. The van der Waals surface area contributed by atoms with Crippen LogP contribution in [-0.2, 0) is 16.0 Å². The Labute approximate surface area is 134 Å². The average molecular weight is 315 g/mol. The van der Waals surface area contributed by atoms with E-state index in [1.54, 1.807) is 13.8 Å². The van der Waals surface area contributed by atoms with Gasteiger partial charge in [-0.25, -0.2) is 9.59 Å². The molecule has 1 atom stereocenters. The largest absolute Gasteiger partial charge is 0.438 e. The second-order valence-corrected chi connectivity index (χ2v) is 6.15. The minimum absolute atomic E-state index is 0.284. The Kier molecular flexibility index (Phi) is 3.75. The van der Waals surface area contributed by atoms with Gasteiger partial charge in [-0.2, -0.15) is 0 Å². The molecule has 2 N–H and O–H groups in total. The van der Waals surface area contributed by atoms with Crippen molar-refractivity contribution in [3.8, 4) is 0 Å². The number of rotatable bonds is 3. The minimum Gasteiger partial charge on any atom is -0.438 e. The Balaban J connectivity index is 1.93. The molecule has 0 bridgehead atoms. The number of fused-ring (bicyclic) bond motifs is 1. The number of ether oxygens (including phenoxy) is 1. The number of cyclic esters (lactones) is 1. The first-order chi connectivity index (χ1) is 10.9. The summed E-state index contributed by atoms with van der Waals surface area (Å²) >= 11 is 0. The van der Waals surface area contributed by atoms with Crippen molar-refractivity contribution in [3.05, 3.63) is 36.0 Å². The highest BCUT2D eigenvalue weighted by Gasteiger charge is 2.50. The van der Waals surface area contributed by atoms with Gasteiger partial charge in [0.25, 0.3) is 0 Å². The van der Waals surface area contributed by atoms with Crippen LogP contribution in [0.1, 0.15) is 26.3 Å². The summed E-state index contributed by atoms with van der Waals surface area (Å²) in [7, 11) is 0. The molecule has 0 saturated carbocycles. The Morgan fingerprint density at radius 2 is 2.13 bits per heavy atom. The van der Waals surface area contributed by atoms with Crippen LogP contribution in [0.4, 0.5) is 4.79 Å². The van der Waals surface area contributed by atoms with Crippen LogP contribution in [0.25, 0.3) is 10.9 Å². The molecule has 3 rings (SSSR count). The van der Waals surface area contributed by atoms with E-state index >= 15 is 0 Å². The molecule has 1 aromatic carbocycles. The second-order valence-electron chi connectivity index (χ2n) is 6.15. The van der Waals surface area contributed by atoms with E-state index in [2.05, 4.69) is 10.3 Å². The minimum atomic E-state index is -0.951. The highest BCUT2D eigenvalue weighted by atomic mass is 16.6. The van der Waals surface area contributed by atoms with E-state index in [0.717, 1.165) is 16.5 Å². The SMILES string of the molecule is CCNC(=O)N1[C@@H](Cc2c[nH]c3ccccc23)C(=O)OC1(C)C. The van der Waals surface area contributed by atoms with Crippen molar-refractivity contribution in [1.29, 1.82) is 0 Å². The van der Waals surface area contributed by atoms with Crippen LogP contribution in [0.3, 0.4) is 0 Å². The molecule has 2 aromatic rings. The third kappa shape index (κ3) is 2.65. The number of nitrogens with zero attached hydrogens (tertiary/aromatic N) is 1. The number of aromatic nitrogens is 1. The Hall–Kier alpha value is -2.50. The van der Waals surface area contributed by atoms with Crippen molar-refractivity contribution >= 4 is 22.9 Å². The topological polar surface area (TPSA) is 74.4 Å². The number of amides is 2. The Bertz CT molecular complexity index is 750. The van der Waals surface area contributed by atoms with Crippen molar-refractivity contribution in [2.24, 2.45) is 0 Å². The van der Waals surface area contributed by atoms with Gasteiger partial charge in [-0.1, -0.05) is 18.2 Å². The van der Waals surface area contributed by atoms with Crippen molar-refractivity contribution < 1.29 is 14.3 Å². The summed E-state index contributed by atoms with van der Waals surface area (Å²) in [6, 6.07) is 6.98. The first kappa shape index (κ1) is 15.4. The van der Waals surface area contributed by atoms with Crippen LogP contribution >= 0.6 is 0 Å². The van der Waals surface area contributed by atoms with Crippen LogP contribution in [0.2, 0.25) is 0 Å². The molecule has 0 unspecified atom stereocenters. The van der Waals surface area contributed by atoms with Crippen molar-refractivity contribution in [1.82, 2.24) is 15.2 Å². The molecular weight excluding hydrogens is 294 g/mol. The van der Waals surface area contributed by atoms with Crippen LogP contribution in [0, 0.1) is 0 Å². The molecule has 2 heterocycles. The monoisotopic (exact) mass is 315 g/mol. The van der Waals surface area contributed by atoms with Gasteiger partial charge in [0.15, 0.2) is 5.72 Å². The predicted molar refractivity (Wildman–Crippen MR) is 86.9 cm³/mol. The first-order valence-corrected chi connectivity index (χ1v) is 7.79. The summed E-state index contributed by atoms with van der Waals surface area (Å²) in [5.41, 5.74) is 1.06. The van der Waals surface area contributed by atoms with E-state index in [1.807, 2.05) is 37.4 Å². The fourth-order valence-electron chi connectivity index (χ4n) is 3.15. The molecule has 0 spiro atoms. The number of esters is 1. The lowest BCUT2D eigenvalue weighted by Gasteiger charge is -2.31. The molecule has 2 amide bonds. The number of H-pyrrole nitrogens is 1. The smallest absolute Gasteiger partial charge is 0.331 e. The summed E-state index contributed by atoms with van der Waals surface area (Å²) in [6.45, 7) is 5.81. The van der Waals surface area contributed by atoms with Crippen molar-refractivity contribution in [2.75, 3.05) is 6.54 Å². The molecule has 1 aromatic heterocycles. The highest BCUT2D eigenvalue weighted by Crippen LogP contribution is 2.31. The molecular formula is C17H21N3O3. The van der Waals surface area contributed by atoms with Gasteiger partial charge >= 0.3 is 12.0 Å². The van der Waals surface area contributed by atoms with Crippen molar-refractivity contribution in [3.63, 3.8) is 0 Å². The maximum absolute atomic E-state index is 12.4. The molecule has 0 aliphatic carbocycles. The normalized spacial score (nSPS) is 19.9. The summed E-state index contributed by atoms with van der Waals surface area (Å²) in [6.07, 6.45) is 2.31. The molecule has 1 aliphatic heterocycles. The summed E-state index contributed by atoms with van der Waals surface area (Å²) in [5, 5.41) is 3.81. The van der Waals surface area contributed by atoms with Crippen molar-refractivity contribution in [2.45, 2.75) is 39.0 Å². The quantitative estimate of drug-likeness (QED) is 0.854. The van der Waals surface area contributed by atoms with E-state index in [0.29, 0.717) is 13.0 Å². The lowest BCUT2D eigenvalue weighted by Crippen LogP contribution is -2.53. The maximum Gasteiger partial charge on any atom is 0.331 e.